The molecule has 3 nitrogen and oxygen atoms in total. The van der Waals surface area contributed by atoms with Gasteiger partial charge in [-0.1, -0.05) is 6.92 Å². The quantitative estimate of drug-likeness (QED) is 0.934. The van der Waals surface area contributed by atoms with E-state index in [4.69, 9.17) is 5.11 Å². The summed E-state index contributed by atoms with van der Waals surface area (Å²) >= 11 is 6.19. The highest BCUT2D eigenvalue weighted by molar-refractivity contribution is 9.11. The Hall–Kier alpha value is -0.720. The highest BCUT2D eigenvalue weighted by Gasteiger charge is 2.18. The fourth-order valence-electron chi connectivity index (χ4n) is 1.30. The van der Waals surface area contributed by atoms with E-state index in [1.807, 2.05) is 12.1 Å². The van der Waals surface area contributed by atoms with Crippen LogP contribution in [0, 0.1) is 0 Å². The van der Waals surface area contributed by atoms with E-state index in [9.17, 15) is 4.79 Å². The number of carboxylic acid groups (broad SMARTS) is 1. The van der Waals surface area contributed by atoms with Gasteiger partial charge in [-0.2, -0.15) is 0 Å². The summed E-state index contributed by atoms with van der Waals surface area (Å²) in [5.41, 5.74) is 0.126. The Morgan fingerprint density at radius 2 is 2.25 bits per heavy atom. The molecule has 0 saturated carbocycles. The van der Waals surface area contributed by atoms with Crippen molar-refractivity contribution in [3.05, 3.63) is 26.6 Å². The van der Waals surface area contributed by atoms with Crippen molar-refractivity contribution in [2.24, 2.45) is 0 Å². The minimum atomic E-state index is -0.983. The van der Waals surface area contributed by atoms with Gasteiger partial charge in [0.1, 0.15) is 0 Å². The average molecular weight is 318 g/mol. The summed E-state index contributed by atoms with van der Waals surface area (Å²) in [5.74, 6) is -0.983. The highest BCUT2D eigenvalue weighted by atomic mass is 79.9. The smallest absolute Gasteiger partial charge is 0.356 e. The van der Waals surface area contributed by atoms with E-state index >= 15 is 0 Å². The Morgan fingerprint density at radius 3 is 2.81 bits per heavy atom. The van der Waals surface area contributed by atoms with Crippen LogP contribution in [-0.4, -0.2) is 16.1 Å². The summed E-state index contributed by atoms with van der Waals surface area (Å²) in [6, 6.07) is 3.98. The molecule has 0 unspecified atom stereocenters. The molecule has 0 aromatic carbocycles. The van der Waals surface area contributed by atoms with Gasteiger partial charge in [-0.25, -0.2) is 9.78 Å². The van der Waals surface area contributed by atoms with Crippen molar-refractivity contribution < 1.29 is 9.90 Å². The molecule has 0 saturated heterocycles. The number of hydrogen-bond donors (Lipinski definition) is 1. The summed E-state index contributed by atoms with van der Waals surface area (Å²) in [4.78, 5) is 17.9. The van der Waals surface area contributed by atoms with Crippen molar-refractivity contribution in [2.45, 2.75) is 13.3 Å². The zero-order chi connectivity index (χ0) is 11.7. The van der Waals surface area contributed by atoms with Gasteiger partial charge in [0.2, 0.25) is 0 Å². The van der Waals surface area contributed by atoms with Gasteiger partial charge in [0.15, 0.2) is 9.61 Å². The maximum Gasteiger partial charge on any atom is 0.356 e. The Morgan fingerprint density at radius 1 is 1.50 bits per heavy atom. The molecule has 0 aliphatic carbocycles. The first-order valence-electron chi connectivity index (χ1n) is 4.60. The van der Waals surface area contributed by atoms with Gasteiger partial charge in [0, 0.05) is 9.75 Å². The lowest BCUT2D eigenvalue weighted by Gasteiger charge is -1.93. The first kappa shape index (κ1) is 11.8. The minimum absolute atomic E-state index is 0.126. The lowest BCUT2D eigenvalue weighted by atomic mass is 10.3. The number of aromatic carboxylic acids is 1. The van der Waals surface area contributed by atoms with Gasteiger partial charge in [0.05, 0.1) is 4.88 Å². The lowest BCUT2D eigenvalue weighted by molar-refractivity contribution is 0.0692. The third-order valence-electron chi connectivity index (χ3n) is 2.04. The van der Waals surface area contributed by atoms with Crippen LogP contribution < -0.4 is 0 Å². The zero-order valence-corrected chi connectivity index (χ0v) is 11.6. The van der Waals surface area contributed by atoms with Crippen molar-refractivity contribution >= 4 is 44.6 Å². The number of rotatable bonds is 3. The molecule has 0 aliphatic rings. The zero-order valence-electron chi connectivity index (χ0n) is 8.36. The first-order chi connectivity index (χ1) is 7.61. The molecular weight excluding hydrogens is 310 g/mol. The molecule has 16 heavy (non-hydrogen) atoms. The summed E-state index contributed by atoms with van der Waals surface area (Å²) < 4.78 is 0.603. The van der Waals surface area contributed by atoms with E-state index in [0.717, 1.165) is 16.2 Å². The number of carbonyl (C=O) groups is 1. The molecule has 6 heteroatoms. The SMILES string of the molecule is CCc1ccc(-c2sc(Br)nc2C(=O)O)s1. The van der Waals surface area contributed by atoms with Crippen LogP contribution in [0.2, 0.25) is 0 Å². The second kappa shape index (κ2) is 4.65. The van der Waals surface area contributed by atoms with Crippen LogP contribution in [0.5, 0.6) is 0 Å². The molecule has 0 amide bonds. The van der Waals surface area contributed by atoms with Crippen LogP contribution in [0.3, 0.4) is 0 Å². The summed E-state index contributed by atoms with van der Waals surface area (Å²) in [5, 5.41) is 9.03. The predicted octanol–water partition coefficient (Wildman–Crippen LogP) is 3.89. The van der Waals surface area contributed by atoms with Crippen LogP contribution >= 0.6 is 38.6 Å². The summed E-state index contributed by atoms with van der Waals surface area (Å²) in [6.45, 7) is 2.08. The largest absolute Gasteiger partial charge is 0.476 e. The second-order valence-electron chi connectivity index (χ2n) is 3.07. The second-order valence-corrected chi connectivity index (χ2v) is 6.51. The summed E-state index contributed by atoms with van der Waals surface area (Å²) in [7, 11) is 0. The standard InChI is InChI=1S/C10H8BrNO2S2/c1-2-5-3-4-6(15-5)8-7(9(13)14)12-10(11)16-8/h3-4H,2H2,1H3,(H,13,14). The van der Waals surface area contributed by atoms with E-state index in [1.54, 1.807) is 11.3 Å². The molecule has 2 rings (SSSR count). The first-order valence-corrected chi connectivity index (χ1v) is 7.03. The van der Waals surface area contributed by atoms with Crippen LogP contribution in [0.25, 0.3) is 9.75 Å². The Bertz CT molecular complexity index is 533. The average Bonchev–Trinajstić information content (AvgIpc) is 2.82. The van der Waals surface area contributed by atoms with Gasteiger partial charge in [-0.15, -0.1) is 22.7 Å². The number of nitrogens with zero attached hydrogens (tertiary/aromatic N) is 1. The highest BCUT2D eigenvalue weighted by Crippen LogP contribution is 2.37. The molecule has 1 N–H and O–H groups in total. The monoisotopic (exact) mass is 317 g/mol. The third-order valence-corrected chi connectivity index (χ3v) is 4.95. The molecule has 0 atom stereocenters. The Balaban J connectivity index is 2.50. The Kier molecular flexibility index (Phi) is 3.41. The van der Waals surface area contributed by atoms with E-state index in [0.29, 0.717) is 3.92 Å². The molecule has 0 radical (unpaired) electrons. The fraction of sp³-hybridized carbons (Fsp3) is 0.200. The fourth-order valence-corrected chi connectivity index (χ4v) is 3.80. The number of aromatic nitrogens is 1. The predicted molar refractivity (Wildman–Crippen MR) is 69.5 cm³/mol. The van der Waals surface area contributed by atoms with Crippen molar-refractivity contribution in [1.82, 2.24) is 4.98 Å². The van der Waals surface area contributed by atoms with Crippen LogP contribution in [0.15, 0.2) is 16.0 Å². The molecule has 2 aromatic rings. The van der Waals surface area contributed by atoms with E-state index in [1.165, 1.54) is 16.2 Å². The maximum atomic E-state index is 11.0. The molecule has 0 spiro atoms. The van der Waals surface area contributed by atoms with Crippen molar-refractivity contribution in [3.8, 4) is 9.75 Å². The van der Waals surface area contributed by atoms with Gasteiger partial charge in [-0.3, -0.25) is 0 Å². The minimum Gasteiger partial charge on any atom is -0.476 e. The van der Waals surface area contributed by atoms with Crippen molar-refractivity contribution in [3.63, 3.8) is 0 Å². The molecule has 84 valence electrons. The van der Waals surface area contributed by atoms with Gasteiger partial charge in [-0.05, 0) is 34.5 Å². The van der Waals surface area contributed by atoms with E-state index in [2.05, 4.69) is 27.8 Å². The number of halogens is 1. The number of carboxylic acids is 1. The van der Waals surface area contributed by atoms with Crippen LogP contribution in [-0.2, 0) is 6.42 Å². The molecule has 0 bridgehead atoms. The topological polar surface area (TPSA) is 50.2 Å². The van der Waals surface area contributed by atoms with Gasteiger partial charge in [0.25, 0.3) is 0 Å². The Labute approximate surface area is 109 Å². The molecule has 2 aromatic heterocycles. The van der Waals surface area contributed by atoms with E-state index in [-0.39, 0.29) is 5.69 Å². The number of thiophene rings is 1. The third kappa shape index (κ3) is 2.18. The van der Waals surface area contributed by atoms with Crippen LogP contribution in [0.4, 0.5) is 0 Å². The molecule has 0 aliphatic heterocycles. The van der Waals surface area contributed by atoms with Crippen LogP contribution in [0.1, 0.15) is 22.3 Å². The summed E-state index contributed by atoms with van der Waals surface area (Å²) in [6.07, 6.45) is 0.965. The molecular formula is C10H8BrNO2S2. The molecule has 2 heterocycles. The van der Waals surface area contributed by atoms with Gasteiger partial charge >= 0.3 is 5.97 Å². The van der Waals surface area contributed by atoms with E-state index < -0.39 is 5.97 Å². The van der Waals surface area contributed by atoms with Crippen molar-refractivity contribution in [1.29, 1.82) is 0 Å². The number of aryl methyl sites for hydroxylation is 1. The molecule has 0 fully saturated rings. The van der Waals surface area contributed by atoms with Gasteiger partial charge < -0.3 is 5.11 Å². The number of hydrogen-bond acceptors (Lipinski definition) is 4. The van der Waals surface area contributed by atoms with Crippen molar-refractivity contribution in [2.75, 3.05) is 0 Å². The normalized spacial score (nSPS) is 10.6. The maximum absolute atomic E-state index is 11.0. The lowest BCUT2D eigenvalue weighted by Crippen LogP contribution is -1.97. The number of thiazole rings is 1.